The minimum absolute atomic E-state index is 0.0711. The maximum absolute atomic E-state index is 14.0. The third kappa shape index (κ3) is 3.58. The van der Waals surface area contributed by atoms with Crippen molar-refractivity contribution >= 4 is 12.7 Å². The number of hydrogen-bond donors (Lipinski definition) is 1. The first-order chi connectivity index (χ1) is 9.51. The first-order valence-corrected chi connectivity index (χ1v) is 8.16. The Labute approximate surface area is 118 Å². The molecule has 1 N–H and O–H groups in total. The standard InChI is InChI=1S/C13H20FO5P/c1-4-17-13(18-5-2)20(16,19-6-3)12-10(14)8-7-9-11(12)15/h7-9,13,15H,4-6H2,1-3H3. The normalized spacial score (nSPS) is 14.4. The Hall–Kier alpha value is -0.940. The van der Waals surface area contributed by atoms with Crippen LogP contribution in [0.15, 0.2) is 18.2 Å². The Morgan fingerprint density at radius 2 is 1.80 bits per heavy atom. The third-order valence-corrected chi connectivity index (χ3v) is 5.06. The number of phenols is 1. The first kappa shape index (κ1) is 17.1. The number of halogens is 1. The summed E-state index contributed by atoms with van der Waals surface area (Å²) in [6.45, 7) is 5.53. The molecule has 0 saturated heterocycles. The van der Waals surface area contributed by atoms with Crippen molar-refractivity contribution in [1.82, 2.24) is 0 Å². The highest BCUT2D eigenvalue weighted by Crippen LogP contribution is 2.54. The van der Waals surface area contributed by atoms with E-state index in [9.17, 15) is 14.1 Å². The van der Waals surface area contributed by atoms with Crippen molar-refractivity contribution in [3.05, 3.63) is 24.0 Å². The van der Waals surface area contributed by atoms with Gasteiger partial charge in [0.05, 0.1) is 6.61 Å². The Bertz CT molecular complexity index is 454. The maximum Gasteiger partial charge on any atom is 0.293 e. The molecule has 1 unspecified atom stereocenters. The summed E-state index contributed by atoms with van der Waals surface area (Å²) in [5, 5.41) is 9.44. The Morgan fingerprint density at radius 3 is 2.25 bits per heavy atom. The van der Waals surface area contributed by atoms with E-state index in [-0.39, 0.29) is 19.8 Å². The highest BCUT2D eigenvalue weighted by molar-refractivity contribution is 7.67. The molecule has 0 bridgehead atoms. The van der Waals surface area contributed by atoms with Crippen LogP contribution in [0.5, 0.6) is 5.75 Å². The van der Waals surface area contributed by atoms with Gasteiger partial charge in [0.15, 0.2) is 0 Å². The lowest BCUT2D eigenvalue weighted by Gasteiger charge is -2.27. The van der Waals surface area contributed by atoms with E-state index < -0.39 is 30.3 Å². The van der Waals surface area contributed by atoms with E-state index in [0.29, 0.717) is 0 Å². The Kier molecular flexibility index (Phi) is 6.62. The smallest absolute Gasteiger partial charge is 0.293 e. The largest absolute Gasteiger partial charge is 0.507 e. The Morgan fingerprint density at radius 1 is 1.20 bits per heavy atom. The molecule has 0 aliphatic heterocycles. The second kappa shape index (κ2) is 7.74. The van der Waals surface area contributed by atoms with Crippen LogP contribution in [0.4, 0.5) is 4.39 Å². The molecule has 5 nitrogen and oxygen atoms in total. The summed E-state index contributed by atoms with van der Waals surface area (Å²) in [4.78, 5) is 0. The highest BCUT2D eigenvalue weighted by Gasteiger charge is 2.42. The quantitative estimate of drug-likeness (QED) is 0.591. The number of aromatic hydroxyl groups is 1. The zero-order valence-corrected chi connectivity index (χ0v) is 12.7. The van der Waals surface area contributed by atoms with E-state index in [0.717, 1.165) is 6.07 Å². The van der Waals surface area contributed by atoms with E-state index in [1.54, 1.807) is 20.8 Å². The van der Waals surface area contributed by atoms with Crippen LogP contribution in [0, 0.1) is 5.82 Å². The third-order valence-electron chi connectivity index (χ3n) is 2.49. The molecule has 7 heteroatoms. The van der Waals surface area contributed by atoms with Crippen LogP contribution in [0.1, 0.15) is 20.8 Å². The van der Waals surface area contributed by atoms with Gasteiger partial charge in [0.25, 0.3) is 7.37 Å². The van der Waals surface area contributed by atoms with Crippen LogP contribution >= 0.6 is 7.37 Å². The van der Waals surface area contributed by atoms with Crippen molar-refractivity contribution < 1.29 is 28.1 Å². The molecule has 1 atom stereocenters. The van der Waals surface area contributed by atoms with Gasteiger partial charge >= 0.3 is 0 Å². The molecule has 0 amide bonds. The topological polar surface area (TPSA) is 65.0 Å². The molecule has 0 aliphatic rings. The zero-order valence-electron chi connectivity index (χ0n) is 11.8. The molecule has 114 valence electrons. The summed E-state index contributed by atoms with van der Waals surface area (Å²) >= 11 is 0. The van der Waals surface area contributed by atoms with Gasteiger partial charge in [-0.1, -0.05) is 6.07 Å². The SMILES string of the molecule is CCOC(OCC)P(=O)(OCC)c1c(O)cccc1F. The summed E-state index contributed by atoms with van der Waals surface area (Å²) < 4.78 is 42.9. The van der Waals surface area contributed by atoms with Gasteiger partial charge in [-0.3, -0.25) is 4.57 Å². The molecular weight excluding hydrogens is 286 g/mol. The van der Waals surface area contributed by atoms with Gasteiger partial charge in [-0.15, -0.1) is 0 Å². The summed E-state index contributed by atoms with van der Waals surface area (Å²) in [7, 11) is -3.86. The molecule has 0 heterocycles. The van der Waals surface area contributed by atoms with Crippen LogP contribution in [0.25, 0.3) is 0 Å². The number of ether oxygens (including phenoxy) is 2. The molecule has 0 radical (unpaired) electrons. The minimum Gasteiger partial charge on any atom is -0.507 e. The van der Waals surface area contributed by atoms with Crippen LogP contribution in [0.3, 0.4) is 0 Å². The predicted octanol–water partition coefficient (Wildman–Crippen LogP) is 2.83. The lowest BCUT2D eigenvalue weighted by molar-refractivity contribution is -0.0876. The van der Waals surface area contributed by atoms with E-state index in [1.165, 1.54) is 12.1 Å². The molecule has 0 fully saturated rings. The molecule has 1 aromatic carbocycles. The summed E-state index contributed by atoms with van der Waals surface area (Å²) in [5.41, 5.74) is 0. The van der Waals surface area contributed by atoms with Crippen molar-refractivity contribution in [1.29, 1.82) is 0 Å². The van der Waals surface area contributed by atoms with Gasteiger partial charge in [0.2, 0.25) is 6.03 Å². The van der Waals surface area contributed by atoms with E-state index in [1.807, 2.05) is 0 Å². The van der Waals surface area contributed by atoms with E-state index >= 15 is 0 Å². The highest BCUT2D eigenvalue weighted by atomic mass is 31.2. The van der Waals surface area contributed by atoms with E-state index in [2.05, 4.69) is 0 Å². The summed E-state index contributed by atoms with van der Waals surface area (Å²) in [6, 6.07) is 2.43. The van der Waals surface area contributed by atoms with Crippen molar-refractivity contribution in [3.63, 3.8) is 0 Å². The van der Waals surface area contributed by atoms with Crippen LogP contribution < -0.4 is 5.30 Å². The second-order valence-electron chi connectivity index (χ2n) is 3.84. The second-order valence-corrected chi connectivity index (χ2v) is 6.16. The number of benzene rings is 1. The van der Waals surface area contributed by atoms with Gasteiger partial charge < -0.3 is 19.1 Å². The van der Waals surface area contributed by atoms with Gasteiger partial charge in [0.1, 0.15) is 16.9 Å². The summed E-state index contributed by atoms with van der Waals surface area (Å²) in [6.07, 6.45) is 0. The van der Waals surface area contributed by atoms with Crippen LogP contribution in [-0.4, -0.2) is 31.0 Å². The van der Waals surface area contributed by atoms with Crippen molar-refractivity contribution in [3.8, 4) is 5.75 Å². The molecule has 1 rings (SSSR count). The lowest BCUT2D eigenvalue weighted by Crippen LogP contribution is -2.27. The van der Waals surface area contributed by atoms with Crippen molar-refractivity contribution in [2.24, 2.45) is 0 Å². The predicted molar refractivity (Wildman–Crippen MR) is 74.0 cm³/mol. The minimum atomic E-state index is -3.86. The van der Waals surface area contributed by atoms with Gasteiger partial charge in [-0.2, -0.15) is 0 Å². The molecule has 0 aromatic heterocycles. The van der Waals surface area contributed by atoms with Gasteiger partial charge in [-0.05, 0) is 32.9 Å². The molecule has 20 heavy (non-hydrogen) atoms. The average Bonchev–Trinajstić information content (AvgIpc) is 2.38. The molecule has 0 spiro atoms. The Balaban J connectivity index is 3.35. The van der Waals surface area contributed by atoms with Gasteiger partial charge in [0, 0.05) is 13.2 Å². The fraction of sp³-hybridized carbons (Fsp3) is 0.538. The molecular formula is C13H20FO5P. The van der Waals surface area contributed by atoms with Crippen LogP contribution in [-0.2, 0) is 18.6 Å². The number of hydrogen-bond acceptors (Lipinski definition) is 5. The fourth-order valence-corrected chi connectivity index (χ4v) is 4.07. The van der Waals surface area contributed by atoms with Crippen LogP contribution in [0.2, 0.25) is 0 Å². The first-order valence-electron chi connectivity index (χ1n) is 6.46. The average molecular weight is 306 g/mol. The monoisotopic (exact) mass is 306 g/mol. The summed E-state index contributed by atoms with van der Waals surface area (Å²) in [5.74, 6) is -1.25. The van der Waals surface area contributed by atoms with E-state index in [4.69, 9.17) is 14.0 Å². The van der Waals surface area contributed by atoms with Crippen molar-refractivity contribution in [2.45, 2.75) is 26.8 Å². The lowest BCUT2D eigenvalue weighted by atomic mass is 10.3. The van der Waals surface area contributed by atoms with Gasteiger partial charge in [-0.25, -0.2) is 4.39 Å². The maximum atomic E-state index is 14.0. The number of rotatable bonds is 8. The number of phenolic OH excluding ortho intramolecular Hbond substituents is 1. The fourth-order valence-electron chi connectivity index (χ4n) is 1.76. The van der Waals surface area contributed by atoms with Crippen molar-refractivity contribution in [2.75, 3.05) is 19.8 Å². The molecule has 1 aromatic rings. The zero-order chi connectivity index (χ0) is 15.2. The molecule has 0 aliphatic carbocycles. The molecule has 0 saturated carbocycles.